The molecule has 2 unspecified atom stereocenters. The summed E-state index contributed by atoms with van der Waals surface area (Å²) >= 11 is 0. The van der Waals surface area contributed by atoms with Gasteiger partial charge in [-0.25, -0.2) is 0 Å². The van der Waals surface area contributed by atoms with E-state index in [1.165, 1.54) is 133 Å². The standard InChI is InChI=1S/C76H61NO2/c1-70(2)49-26-15-11-22-43(49)59-53(70)30-21-31-56(59)77(41-34-36-45-54(38-41)73(7,8)66-62(45)69-61(48-25-14-19-32-57(48)78-69)60-44-23-12-16-27-50(44)71(3,4)65(60)66)42-35-37-47-55(39-42)74(9,10)68-64(47)76-40-75(76,52-29-18-20-33-58(52)79-76)63-46-24-13-17-28-51(46)72(5,6)67(63)68/h11-39H,40H2,1-10H3. The molecule has 1 saturated carbocycles. The first kappa shape index (κ1) is 44.8. The molecule has 0 radical (unpaired) electrons. The predicted molar refractivity (Wildman–Crippen MR) is 324 cm³/mol. The van der Waals surface area contributed by atoms with Gasteiger partial charge in [-0.1, -0.05) is 203 Å². The predicted octanol–water partition coefficient (Wildman–Crippen LogP) is 19.3. The Morgan fingerprint density at radius 3 is 1.62 bits per heavy atom. The first-order chi connectivity index (χ1) is 38.0. The lowest BCUT2D eigenvalue weighted by molar-refractivity contribution is 0.245. The highest BCUT2D eigenvalue weighted by Crippen LogP contribution is 2.83. The van der Waals surface area contributed by atoms with Gasteiger partial charge in [-0.15, -0.1) is 0 Å². The minimum Gasteiger partial charge on any atom is -0.481 e. The Morgan fingerprint density at radius 1 is 0.380 bits per heavy atom. The largest absolute Gasteiger partial charge is 0.481 e. The van der Waals surface area contributed by atoms with Crippen LogP contribution in [0, 0.1) is 0 Å². The number of allylic oxidation sites excluding steroid dienone is 2. The average molecular weight is 1020 g/mol. The van der Waals surface area contributed by atoms with E-state index in [1.807, 2.05) is 0 Å². The summed E-state index contributed by atoms with van der Waals surface area (Å²) in [6.45, 7) is 24.6. The van der Waals surface area contributed by atoms with Gasteiger partial charge in [0.1, 0.15) is 16.9 Å². The van der Waals surface area contributed by atoms with Crippen LogP contribution in [0.2, 0.25) is 0 Å². The van der Waals surface area contributed by atoms with Gasteiger partial charge in [-0.05, 0) is 137 Å². The molecular formula is C76H61NO2. The maximum atomic E-state index is 7.52. The molecule has 1 aliphatic heterocycles. The highest BCUT2D eigenvalue weighted by atomic mass is 16.5. The van der Waals surface area contributed by atoms with E-state index in [0.29, 0.717) is 0 Å². The van der Waals surface area contributed by atoms with Crippen molar-refractivity contribution in [3.05, 3.63) is 248 Å². The molecule has 3 heteroatoms. The Kier molecular flexibility index (Phi) is 7.73. The van der Waals surface area contributed by atoms with Gasteiger partial charge >= 0.3 is 0 Å². The zero-order chi connectivity index (χ0) is 53.4. The molecule has 7 aliphatic carbocycles. The van der Waals surface area contributed by atoms with Crippen LogP contribution in [0.5, 0.6) is 5.75 Å². The molecule has 382 valence electrons. The second-order valence-electron chi connectivity index (χ2n) is 27.1. The van der Waals surface area contributed by atoms with Crippen LogP contribution in [0.4, 0.5) is 17.1 Å². The van der Waals surface area contributed by atoms with E-state index in [9.17, 15) is 0 Å². The summed E-state index contributed by atoms with van der Waals surface area (Å²) in [4.78, 5) is 2.62. The van der Waals surface area contributed by atoms with Crippen LogP contribution in [-0.4, -0.2) is 5.60 Å². The number of hydrogen-bond donors (Lipinski definition) is 0. The molecule has 3 nitrogen and oxygen atoms in total. The van der Waals surface area contributed by atoms with Crippen LogP contribution in [0.3, 0.4) is 0 Å². The lowest BCUT2D eigenvalue weighted by Crippen LogP contribution is -2.35. The second kappa shape index (κ2) is 13.6. The van der Waals surface area contributed by atoms with Gasteiger partial charge in [0.2, 0.25) is 0 Å². The van der Waals surface area contributed by atoms with E-state index < -0.39 is 5.60 Å². The van der Waals surface area contributed by atoms with E-state index in [4.69, 9.17) is 9.15 Å². The first-order valence-electron chi connectivity index (χ1n) is 28.8. The van der Waals surface area contributed by atoms with Crippen molar-refractivity contribution < 1.29 is 9.15 Å². The van der Waals surface area contributed by atoms with Crippen molar-refractivity contribution in [1.82, 2.24) is 0 Å². The maximum Gasteiger partial charge on any atom is 0.150 e. The van der Waals surface area contributed by atoms with Crippen LogP contribution < -0.4 is 9.64 Å². The van der Waals surface area contributed by atoms with Crippen molar-refractivity contribution in [2.45, 2.75) is 114 Å². The molecule has 0 N–H and O–H groups in total. The van der Waals surface area contributed by atoms with E-state index in [0.717, 1.165) is 34.7 Å². The summed E-state index contributed by atoms with van der Waals surface area (Å²) in [6.07, 6.45) is 0.952. The molecule has 1 fully saturated rings. The van der Waals surface area contributed by atoms with Gasteiger partial charge in [0.25, 0.3) is 0 Å². The van der Waals surface area contributed by atoms with Crippen molar-refractivity contribution in [2.75, 3.05) is 4.90 Å². The van der Waals surface area contributed by atoms with Crippen molar-refractivity contribution in [1.29, 1.82) is 0 Å². The zero-order valence-corrected chi connectivity index (χ0v) is 46.7. The molecule has 9 aromatic carbocycles. The minimum atomic E-state index is -0.473. The maximum absolute atomic E-state index is 7.52. The van der Waals surface area contributed by atoms with Gasteiger partial charge in [-0.3, -0.25) is 0 Å². The molecule has 0 spiro atoms. The third-order valence-electron chi connectivity index (χ3n) is 21.6. The Labute approximate surface area is 462 Å². The summed E-state index contributed by atoms with van der Waals surface area (Å²) in [6, 6.07) is 67.1. The van der Waals surface area contributed by atoms with Crippen LogP contribution in [0.1, 0.15) is 137 Å². The van der Waals surface area contributed by atoms with Gasteiger partial charge in [0.15, 0.2) is 5.60 Å². The van der Waals surface area contributed by atoms with Gasteiger partial charge < -0.3 is 14.1 Å². The third-order valence-corrected chi connectivity index (χ3v) is 21.6. The molecule has 18 rings (SSSR count). The number of furan rings is 1. The van der Waals surface area contributed by atoms with E-state index in [-0.39, 0.29) is 32.5 Å². The number of anilines is 3. The van der Waals surface area contributed by atoms with Crippen molar-refractivity contribution in [3.8, 4) is 39.1 Å². The molecule has 1 aromatic heterocycles. The van der Waals surface area contributed by atoms with E-state index >= 15 is 0 Å². The topological polar surface area (TPSA) is 25.6 Å². The summed E-state index contributed by atoms with van der Waals surface area (Å²) < 4.78 is 14.7. The van der Waals surface area contributed by atoms with Gasteiger partial charge in [-0.2, -0.15) is 0 Å². The number of ether oxygens (including phenoxy) is 1. The third kappa shape index (κ3) is 4.80. The van der Waals surface area contributed by atoms with Crippen molar-refractivity contribution >= 4 is 50.1 Å². The molecule has 8 aliphatic rings. The number of para-hydroxylation sites is 2. The first-order valence-corrected chi connectivity index (χ1v) is 28.8. The van der Waals surface area contributed by atoms with Crippen LogP contribution in [0.15, 0.2) is 191 Å². The highest BCUT2D eigenvalue weighted by molar-refractivity contribution is 6.21. The molecule has 0 bridgehead atoms. The molecule has 0 saturated heterocycles. The summed E-state index contributed by atoms with van der Waals surface area (Å²) in [5, 5.41) is 2.41. The van der Waals surface area contributed by atoms with Crippen molar-refractivity contribution in [3.63, 3.8) is 0 Å². The molecule has 2 heterocycles. The normalized spacial score (nSPS) is 22.6. The Hall–Kier alpha value is -8.14. The minimum absolute atomic E-state index is 0.174. The van der Waals surface area contributed by atoms with E-state index in [2.05, 4.69) is 250 Å². The lowest BCUT2D eigenvalue weighted by Gasteiger charge is -2.38. The second-order valence-corrected chi connectivity index (χ2v) is 27.1. The number of rotatable bonds is 3. The van der Waals surface area contributed by atoms with Crippen LogP contribution in [-0.2, 0) is 32.5 Å². The number of benzene rings is 9. The molecule has 79 heavy (non-hydrogen) atoms. The highest BCUT2D eigenvalue weighted by Gasteiger charge is 2.83. The average Bonchev–Trinajstić information content (AvgIpc) is 1.50. The molecule has 0 amide bonds. The smallest absolute Gasteiger partial charge is 0.150 e. The fraction of sp³-hybridized carbons (Fsp3) is 0.237. The summed E-state index contributed by atoms with van der Waals surface area (Å²) in [7, 11) is 0. The SMILES string of the molecule is CC1(C)C2=C(c3ccc(N(c4ccc5c(c4)C(C)(C)c4c6c(c7c(oc8ccccc87)c4-5)-c4ccccc4C6(C)C)c4cccc5c4-c4ccccc4C5(C)C)cc31)C13CC1(C1=C2C(C)(C)c2ccccc21)c1ccccc1O3. The molecule has 2 atom stereocenters. The number of nitrogens with zero attached hydrogens (tertiary/aromatic N) is 1. The van der Waals surface area contributed by atoms with E-state index in [1.54, 1.807) is 0 Å². The summed E-state index contributed by atoms with van der Waals surface area (Å²) in [5.41, 5.74) is 32.2. The summed E-state index contributed by atoms with van der Waals surface area (Å²) in [5.74, 6) is 1.03. The quantitative estimate of drug-likeness (QED) is 0.176. The van der Waals surface area contributed by atoms with Gasteiger partial charge in [0.05, 0.1) is 11.1 Å². The number of hydrogen-bond acceptors (Lipinski definition) is 3. The fourth-order valence-electron chi connectivity index (χ4n) is 18.2. The fourth-order valence-corrected chi connectivity index (χ4v) is 18.2. The van der Waals surface area contributed by atoms with Crippen molar-refractivity contribution in [2.24, 2.45) is 0 Å². The Balaban J connectivity index is 0.881. The Bertz CT molecular complexity index is 4660. The van der Waals surface area contributed by atoms with Crippen LogP contribution in [0.25, 0.3) is 66.5 Å². The number of fused-ring (bicyclic) bond motifs is 21. The lowest BCUT2D eigenvalue weighted by atomic mass is 9.65. The molecular weight excluding hydrogens is 959 g/mol. The van der Waals surface area contributed by atoms with Gasteiger partial charge in [0, 0.05) is 77.9 Å². The monoisotopic (exact) mass is 1020 g/mol. The zero-order valence-electron chi connectivity index (χ0n) is 46.7. The molecule has 10 aromatic rings. The van der Waals surface area contributed by atoms with Crippen LogP contribution >= 0.6 is 0 Å². The Morgan fingerprint density at radius 2 is 0.886 bits per heavy atom.